The highest BCUT2D eigenvalue weighted by Crippen LogP contribution is 2.33. The van der Waals surface area contributed by atoms with Crippen LogP contribution in [0.5, 0.6) is 0 Å². The number of carbonyl (C=O) groups is 1. The van der Waals surface area contributed by atoms with Gasteiger partial charge < -0.3 is 4.90 Å². The van der Waals surface area contributed by atoms with E-state index in [0.717, 1.165) is 7.57 Å². The van der Waals surface area contributed by atoms with E-state index in [9.17, 15) is 9.18 Å². The monoisotopic (exact) mass is 439 g/mol. The molecule has 2 rings (SSSR count). The first kappa shape index (κ1) is 15.9. The molecule has 0 unspecified atom stereocenters. The molecule has 0 fully saturated rings. The van der Waals surface area contributed by atoms with Crippen LogP contribution in [0.2, 0.25) is 5.02 Å². The number of benzene rings is 1. The number of hydrogen-bond acceptors (Lipinski definition) is 2. The normalized spacial score (nSPS) is 10.7. The smallest absolute Gasteiger partial charge is 0.255 e. The van der Waals surface area contributed by atoms with Crippen molar-refractivity contribution in [1.82, 2.24) is 4.90 Å². The second-order valence-electron chi connectivity index (χ2n) is 4.10. The molecule has 1 aromatic carbocycles. The topological polar surface area (TPSA) is 20.3 Å². The predicted molar refractivity (Wildman–Crippen MR) is 86.9 cm³/mol. The SMILES string of the molecule is CN(Cc1c(F)cccc1Cl)C(=O)c1cc(Br)sc1Br. The Morgan fingerprint density at radius 3 is 2.70 bits per heavy atom. The summed E-state index contributed by atoms with van der Waals surface area (Å²) in [7, 11) is 1.61. The molecule has 20 heavy (non-hydrogen) atoms. The maximum atomic E-state index is 13.7. The first-order valence-electron chi connectivity index (χ1n) is 5.53. The zero-order valence-electron chi connectivity index (χ0n) is 10.3. The van der Waals surface area contributed by atoms with Crippen LogP contribution in [0.3, 0.4) is 0 Å². The van der Waals surface area contributed by atoms with Crippen LogP contribution in [-0.2, 0) is 6.54 Å². The fourth-order valence-electron chi connectivity index (χ4n) is 1.68. The summed E-state index contributed by atoms with van der Waals surface area (Å²) in [5, 5.41) is 0.315. The molecule has 0 atom stereocenters. The zero-order valence-corrected chi connectivity index (χ0v) is 15.0. The van der Waals surface area contributed by atoms with Gasteiger partial charge in [0, 0.05) is 24.2 Å². The summed E-state index contributed by atoms with van der Waals surface area (Å²) in [6.07, 6.45) is 0. The van der Waals surface area contributed by atoms with E-state index in [1.165, 1.54) is 28.4 Å². The van der Waals surface area contributed by atoms with Gasteiger partial charge in [0.15, 0.2) is 0 Å². The molecule has 106 valence electrons. The highest BCUT2D eigenvalue weighted by molar-refractivity contribution is 9.12. The van der Waals surface area contributed by atoms with Gasteiger partial charge in [-0.3, -0.25) is 4.79 Å². The van der Waals surface area contributed by atoms with Crippen molar-refractivity contribution in [3.8, 4) is 0 Å². The van der Waals surface area contributed by atoms with Gasteiger partial charge in [-0.05, 0) is 50.1 Å². The Morgan fingerprint density at radius 1 is 1.45 bits per heavy atom. The Balaban J connectivity index is 2.22. The van der Waals surface area contributed by atoms with Crippen molar-refractivity contribution >= 4 is 60.7 Å². The highest BCUT2D eigenvalue weighted by Gasteiger charge is 2.19. The molecule has 1 amide bonds. The number of thiophene rings is 1. The number of halogens is 4. The summed E-state index contributed by atoms with van der Waals surface area (Å²) in [6, 6.07) is 6.21. The molecule has 0 N–H and O–H groups in total. The predicted octanol–water partition coefficient (Wildman–Crippen LogP) is 5.34. The van der Waals surface area contributed by atoms with Crippen LogP contribution in [-0.4, -0.2) is 17.9 Å². The largest absolute Gasteiger partial charge is 0.337 e. The van der Waals surface area contributed by atoms with Crippen LogP contribution < -0.4 is 0 Å². The molecule has 0 aliphatic heterocycles. The average Bonchev–Trinajstić information content (AvgIpc) is 2.72. The summed E-state index contributed by atoms with van der Waals surface area (Å²) in [4.78, 5) is 13.8. The highest BCUT2D eigenvalue weighted by atomic mass is 79.9. The van der Waals surface area contributed by atoms with Crippen molar-refractivity contribution in [2.45, 2.75) is 6.54 Å². The van der Waals surface area contributed by atoms with E-state index in [2.05, 4.69) is 31.9 Å². The molecule has 0 spiro atoms. The van der Waals surface area contributed by atoms with Crippen LogP contribution >= 0.6 is 54.8 Å². The van der Waals surface area contributed by atoms with Crippen LogP contribution in [0.15, 0.2) is 31.8 Å². The lowest BCUT2D eigenvalue weighted by Gasteiger charge is -2.18. The number of nitrogens with zero attached hydrogens (tertiary/aromatic N) is 1. The molecule has 0 saturated heterocycles. The summed E-state index contributed by atoms with van der Waals surface area (Å²) in [5.41, 5.74) is 0.854. The van der Waals surface area contributed by atoms with Gasteiger partial charge in [-0.25, -0.2) is 4.39 Å². The standard InChI is InChI=1S/C13H9Br2ClFNOS/c1-18(6-8-9(16)3-2-4-10(8)17)13(19)7-5-11(14)20-12(7)15/h2-5H,6H2,1H3. The lowest BCUT2D eigenvalue weighted by molar-refractivity contribution is 0.0783. The van der Waals surface area contributed by atoms with Crippen LogP contribution in [0, 0.1) is 5.82 Å². The van der Waals surface area contributed by atoms with Crippen LogP contribution in [0.25, 0.3) is 0 Å². The molecule has 1 heterocycles. The molecule has 0 bridgehead atoms. The van der Waals surface area contributed by atoms with Gasteiger partial charge in [-0.2, -0.15) is 0 Å². The lowest BCUT2D eigenvalue weighted by atomic mass is 10.2. The Hall–Kier alpha value is -0.430. The Morgan fingerprint density at radius 2 is 2.15 bits per heavy atom. The second kappa shape index (κ2) is 6.56. The molecule has 7 heteroatoms. The van der Waals surface area contributed by atoms with Gasteiger partial charge in [0.2, 0.25) is 0 Å². The summed E-state index contributed by atoms with van der Waals surface area (Å²) >= 11 is 14.0. The van der Waals surface area contributed by atoms with E-state index in [-0.39, 0.29) is 12.5 Å². The quantitative estimate of drug-likeness (QED) is 0.630. The van der Waals surface area contributed by atoms with E-state index >= 15 is 0 Å². The Kier molecular flexibility index (Phi) is 5.23. The second-order valence-corrected chi connectivity index (χ2v) is 8.26. The Labute approximate surface area is 141 Å². The molecule has 0 radical (unpaired) electrons. The third-order valence-corrected chi connectivity index (χ3v) is 5.38. The summed E-state index contributed by atoms with van der Waals surface area (Å²) < 4.78 is 15.3. The van der Waals surface area contributed by atoms with Gasteiger partial charge in [0.25, 0.3) is 5.91 Å². The van der Waals surface area contributed by atoms with E-state index in [4.69, 9.17) is 11.6 Å². The molecule has 0 aliphatic carbocycles. The molecule has 0 aliphatic rings. The summed E-state index contributed by atoms with van der Waals surface area (Å²) in [6.45, 7) is 0.115. The maximum absolute atomic E-state index is 13.7. The molecule has 0 saturated carbocycles. The zero-order chi connectivity index (χ0) is 14.9. The van der Waals surface area contributed by atoms with Crippen molar-refractivity contribution in [2.75, 3.05) is 7.05 Å². The number of amides is 1. The number of hydrogen-bond donors (Lipinski definition) is 0. The number of carbonyl (C=O) groups excluding carboxylic acids is 1. The van der Waals surface area contributed by atoms with Crippen molar-refractivity contribution in [2.24, 2.45) is 0 Å². The van der Waals surface area contributed by atoms with Gasteiger partial charge in [0.05, 0.1) is 13.1 Å². The molecular weight excluding hydrogens is 432 g/mol. The molecule has 1 aromatic heterocycles. The first-order chi connectivity index (χ1) is 9.40. The minimum absolute atomic E-state index is 0.115. The molecule has 2 aromatic rings. The van der Waals surface area contributed by atoms with Gasteiger partial charge in [-0.15, -0.1) is 11.3 Å². The maximum Gasteiger partial charge on any atom is 0.255 e. The minimum Gasteiger partial charge on any atom is -0.337 e. The van der Waals surface area contributed by atoms with E-state index in [0.29, 0.717) is 16.1 Å². The van der Waals surface area contributed by atoms with Crippen molar-refractivity contribution in [3.63, 3.8) is 0 Å². The van der Waals surface area contributed by atoms with Crippen molar-refractivity contribution in [3.05, 3.63) is 53.8 Å². The molecule has 2 nitrogen and oxygen atoms in total. The van der Waals surface area contributed by atoms with Gasteiger partial charge in [-0.1, -0.05) is 17.7 Å². The fourth-order valence-corrected chi connectivity index (χ4v) is 4.68. The molecular formula is C13H9Br2ClFNOS. The van der Waals surface area contributed by atoms with Crippen molar-refractivity contribution < 1.29 is 9.18 Å². The Bertz CT molecular complexity index is 642. The van der Waals surface area contributed by atoms with Gasteiger partial charge >= 0.3 is 0 Å². The van der Waals surface area contributed by atoms with E-state index in [1.54, 1.807) is 19.2 Å². The van der Waals surface area contributed by atoms with E-state index < -0.39 is 5.82 Å². The van der Waals surface area contributed by atoms with Crippen LogP contribution in [0.4, 0.5) is 4.39 Å². The van der Waals surface area contributed by atoms with Crippen molar-refractivity contribution in [1.29, 1.82) is 0 Å². The van der Waals surface area contributed by atoms with Gasteiger partial charge in [0.1, 0.15) is 5.82 Å². The third kappa shape index (κ3) is 3.42. The number of rotatable bonds is 3. The van der Waals surface area contributed by atoms with E-state index in [1.807, 2.05) is 0 Å². The summed E-state index contributed by atoms with van der Waals surface area (Å²) in [5.74, 6) is -0.610. The van der Waals surface area contributed by atoms with Crippen LogP contribution in [0.1, 0.15) is 15.9 Å². The minimum atomic E-state index is -0.414. The fraction of sp³-hybridized carbons (Fsp3) is 0.154. The third-order valence-electron chi connectivity index (χ3n) is 2.69. The average molecular weight is 442 g/mol. The lowest BCUT2D eigenvalue weighted by Crippen LogP contribution is -2.26. The first-order valence-corrected chi connectivity index (χ1v) is 8.31.